The number of hydrogen-bond donors (Lipinski definition) is 2. The van der Waals surface area contributed by atoms with Crippen molar-refractivity contribution in [2.75, 3.05) is 5.01 Å². The van der Waals surface area contributed by atoms with Gasteiger partial charge in [0.1, 0.15) is 17.0 Å². The molecule has 0 saturated carbocycles. The lowest BCUT2D eigenvalue weighted by Gasteiger charge is -2.28. The zero-order valence-electron chi connectivity index (χ0n) is 14.3. The minimum absolute atomic E-state index is 0.0372. The van der Waals surface area contributed by atoms with Crippen molar-refractivity contribution in [2.45, 2.75) is 52.7 Å². The number of hydrazine groups is 1. The maximum absolute atomic E-state index is 12.3. The van der Waals surface area contributed by atoms with Gasteiger partial charge in [-0.15, -0.1) is 0 Å². The van der Waals surface area contributed by atoms with Gasteiger partial charge >= 0.3 is 12.2 Å². The molecule has 0 radical (unpaired) electrons. The highest BCUT2D eigenvalue weighted by atomic mass is 16.6. The molecule has 2 amide bonds. The van der Waals surface area contributed by atoms with E-state index < -0.39 is 23.4 Å². The molecule has 1 aromatic rings. The van der Waals surface area contributed by atoms with Crippen molar-refractivity contribution < 1.29 is 24.2 Å². The van der Waals surface area contributed by atoms with Gasteiger partial charge in [-0.1, -0.05) is 0 Å². The van der Waals surface area contributed by atoms with Crippen molar-refractivity contribution in [3.63, 3.8) is 0 Å². The molecule has 2 N–H and O–H groups in total. The van der Waals surface area contributed by atoms with Crippen LogP contribution in [0.1, 0.15) is 41.5 Å². The highest BCUT2D eigenvalue weighted by Gasteiger charge is 2.27. The van der Waals surface area contributed by atoms with Crippen molar-refractivity contribution in [3.8, 4) is 5.75 Å². The molecule has 0 aliphatic rings. The minimum Gasteiger partial charge on any atom is -0.508 e. The summed E-state index contributed by atoms with van der Waals surface area (Å²) in [7, 11) is 0. The van der Waals surface area contributed by atoms with E-state index in [4.69, 9.17) is 9.47 Å². The fourth-order valence-corrected chi connectivity index (χ4v) is 1.52. The zero-order valence-corrected chi connectivity index (χ0v) is 14.3. The summed E-state index contributed by atoms with van der Waals surface area (Å²) >= 11 is 0. The van der Waals surface area contributed by atoms with Crippen LogP contribution >= 0.6 is 0 Å². The second-order valence-electron chi connectivity index (χ2n) is 6.95. The Kier molecular flexibility index (Phi) is 5.47. The number of amides is 2. The number of rotatable bonds is 1. The highest BCUT2D eigenvalue weighted by molar-refractivity contribution is 5.90. The fraction of sp³-hybridized carbons (Fsp3) is 0.500. The third-order valence-corrected chi connectivity index (χ3v) is 2.29. The van der Waals surface area contributed by atoms with Crippen LogP contribution in [0.15, 0.2) is 24.3 Å². The van der Waals surface area contributed by atoms with Gasteiger partial charge in [-0.25, -0.2) is 15.0 Å². The Labute approximate surface area is 136 Å². The molecular weight excluding hydrogens is 300 g/mol. The van der Waals surface area contributed by atoms with E-state index in [2.05, 4.69) is 5.43 Å². The molecule has 1 aromatic carbocycles. The first-order valence-corrected chi connectivity index (χ1v) is 7.19. The number of phenols is 1. The van der Waals surface area contributed by atoms with Gasteiger partial charge in [-0.05, 0) is 65.8 Å². The molecule has 7 nitrogen and oxygen atoms in total. The summed E-state index contributed by atoms with van der Waals surface area (Å²) in [4.78, 5) is 24.3. The van der Waals surface area contributed by atoms with Crippen molar-refractivity contribution in [1.82, 2.24) is 5.43 Å². The van der Waals surface area contributed by atoms with Crippen LogP contribution in [0.2, 0.25) is 0 Å². The van der Waals surface area contributed by atoms with E-state index in [1.54, 1.807) is 41.5 Å². The van der Waals surface area contributed by atoms with Gasteiger partial charge in [0.05, 0.1) is 5.69 Å². The SMILES string of the molecule is CC(C)(C)OC(=O)NN(C(=O)OC(C)(C)C)c1ccc(O)cc1. The summed E-state index contributed by atoms with van der Waals surface area (Å²) in [5.41, 5.74) is 1.23. The summed E-state index contributed by atoms with van der Waals surface area (Å²) in [5, 5.41) is 10.3. The third kappa shape index (κ3) is 6.90. The Bertz CT molecular complexity index is 555. The summed E-state index contributed by atoms with van der Waals surface area (Å²) in [6, 6.07) is 5.72. The molecule has 0 aliphatic heterocycles. The third-order valence-electron chi connectivity index (χ3n) is 2.29. The molecule has 0 bridgehead atoms. The lowest BCUT2D eigenvalue weighted by Crippen LogP contribution is -2.50. The van der Waals surface area contributed by atoms with Gasteiger partial charge < -0.3 is 14.6 Å². The Morgan fingerprint density at radius 3 is 1.87 bits per heavy atom. The smallest absolute Gasteiger partial charge is 0.434 e. The molecule has 23 heavy (non-hydrogen) atoms. The number of carbonyl (C=O) groups is 2. The van der Waals surface area contributed by atoms with Crippen molar-refractivity contribution in [1.29, 1.82) is 0 Å². The van der Waals surface area contributed by atoms with Crippen molar-refractivity contribution in [3.05, 3.63) is 24.3 Å². The zero-order chi connectivity index (χ0) is 17.8. The van der Waals surface area contributed by atoms with E-state index in [0.717, 1.165) is 5.01 Å². The fourth-order valence-electron chi connectivity index (χ4n) is 1.52. The number of hydrogen-bond acceptors (Lipinski definition) is 5. The molecule has 0 unspecified atom stereocenters. The number of benzene rings is 1. The summed E-state index contributed by atoms with van der Waals surface area (Å²) in [5.74, 6) is 0.0372. The first kappa shape index (κ1) is 18.6. The minimum atomic E-state index is -0.795. The van der Waals surface area contributed by atoms with Crippen LogP contribution < -0.4 is 10.4 Å². The second-order valence-corrected chi connectivity index (χ2v) is 6.95. The normalized spacial score (nSPS) is 11.6. The number of ether oxygens (including phenoxy) is 2. The van der Waals surface area contributed by atoms with Crippen LogP contribution in [-0.4, -0.2) is 28.5 Å². The first-order chi connectivity index (χ1) is 10.4. The lowest BCUT2D eigenvalue weighted by atomic mass is 10.2. The van der Waals surface area contributed by atoms with Crippen LogP contribution in [0.25, 0.3) is 0 Å². The molecule has 0 fully saturated rings. The van der Waals surface area contributed by atoms with E-state index in [1.165, 1.54) is 24.3 Å². The largest absolute Gasteiger partial charge is 0.508 e. The average Bonchev–Trinajstić information content (AvgIpc) is 2.33. The van der Waals surface area contributed by atoms with Crippen LogP contribution in [0.4, 0.5) is 15.3 Å². The van der Waals surface area contributed by atoms with E-state index >= 15 is 0 Å². The molecule has 0 spiro atoms. The highest BCUT2D eigenvalue weighted by Crippen LogP contribution is 2.20. The number of phenolic OH excluding ortho intramolecular Hbond substituents is 1. The molecular formula is C16H24N2O5. The Hall–Kier alpha value is -2.44. The quantitative estimate of drug-likeness (QED) is 0.771. The van der Waals surface area contributed by atoms with E-state index in [-0.39, 0.29) is 5.75 Å². The Morgan fingerprint density at radius 2 is 1.43 bits per heavy atom. The van der Waals surface area contributed by atoms with Crippen LogP contribution in [0.5, 0.6) is 5.75 Å². The van der Waals surface area contributed by atoms with Crippen molar-refractivity contribution in [2.24, 2.45) is 0 Å². The van der Waals surface area contributed by atoms with Gasteiger partial charge in [-0.2, -0.15) is 5.01 Å². The van der Waals surface area contributed by atoms with E-state index in [1.807, 2.05) is 0 Å². The molecule has 0 atom stereocenters. The average molecular weight is 324 g/mol. The number of anilines is 1. The van der Waals surface area contributed by atoms with Gasteiger partial charge in [0.2, 0.25) is 0 Å². The van der Waals surface area contributed by atoms with E-state index in [0.29, 0.717) is 5.69 Å². The Balaban J connectivity index is 2.99. The molecule has 7 heteroatoms. The lowest BCUT2D eigenvalue weighted by molar-refractivity contribution is 0.0425. The summed E-state index contributed by atoms with van der Waals surface area (Å²) in [6.07, 6.45) is -1.56. The first-order valence-electron chi connectivity index (χ1n) is 7.19. The topological polar surface area (TPSA) is 88.1 Å². The maximum Gasteiger partial charge on any atom is 0.434 e. The molecule has 0 aliphatic carbocycles. The number of aromatic hydroxyl groups is 1. The molecule has 0 aromatic heterocycles. The number of nitrogens with one attached hydrogen (secondary N) is 1. The molecule has 1 rings (SSSR count). The van der Waals surface area contributed by atoms with Crippen LogP contribution in [0, 0.1) is 0 Å². The van der Waals surface area contributed by atoms with Gasteiger partial charge in [0.25, 0.3) is 0 Å². The Morgan fingerprint density at radius 1 is 0.957 bits per heavy atom. The predicted molar refractivity (Wildman–Crippen MR) is 86.2 cm³/mol. The van der Waals surface area contributed by atoms with E-state index in [9.17, 15) is 14.7 Å². The van der Waals surface area contributed by atoms with Crippen LogP contribution in [-0.2, 0) is 9.47 Å². The standard InChI is InChI=1S/C16H24N2O5/c1-15(2,3)22-13(20)17-18(14(21)23-16(4,5)6)11-7-9-12(19)10-8-11/h7-10,19H,1-6H3,(H,17,20). The maximum atomic E-state index is 12.3. The molecule has 0 saturated heterocycles. The molecule has 0 heterocycles. The summed E-state index contributed by atoms with van der Waals surface area (Å²) < 4.78 is 10.4. The van der Waals surface area contributed by atoms with Gasteiger partial charge in [0.15, 0.2) is 0 Å². The number of carbonyl (C=O) groups excluding carboxylic acids is 2. The summed E-state index contributed by atoms with van der Waals surface area (Å²) in [6.45, 7) is 10.3. The van der Waals surface area contributed by atoms with Gasteiger partial charge in [0, 0.05) is 0 Å². The van der Waals surface area contributed by atoms with Crippen molar-refractivity contribution >= 4 is 17.9 Å². The number of nitrogens with zero attached hydrogens (tertiary/aromatic N) is 1. The monoisotopic (exact) mass is 324 g/mol. The second kappa shape index (κ2) is 6.76. The van der Waals surface area contributed by atoms with Gasteiger partial charge in [-0.3, -0.25) is 0 Å². The predicted octanol–water partition coefficient (Wildman–Crippen LogP) is 3.57. The molecule has 128 valence electrons. The van der Waals surface area contributed by atoms with Crippen LogP contribution in [0.3, 0.4) is 0 Å².